The molecule has 0 aromatic rings. The minimum absolute atomic E-state index is 0.132. The van der Waals surface area contributed by atoms with Gasteiger partial charge in [-0.2, -0.15) is 0 Å². The first-order valence-electron chi connectivity index (χ1n) is 6.59. The molecule has 0 aromatic carbocycles. The van der Waals surface area contributed by atoms with Gasteiger partial charge >= 0.3 is 11.8 Å². The summed E-state index contributed by atoms with van der Waals surface area (Å²) in [7, 11) is 0. The highest BCUT2D eigenvalue weighted by molar-refractivity contribution is 6.37. The Hall–Kier alpha value is -1.96. The predicted octanol–water partition coefficient (Wildman–Crippen LogP) is -2.12. The number of piperidine rings is 1. The maximum absolute atomic E-state index is 11.7. The Balaban J connectivity index is 2.24. The molecule has 0 aliphatic carbocycles. The van der Waals surface area contributed by atoms with Crippen LogP contribution in [0.1, 0.15) is 19.8 Å². The first kappa shape index (κ1) is 16.1. The number of amides is 4. The molecule has 0 radical (unpaired) electrons. The van der Waals surface area contributed by atoms with Gasteiger partial charge in [0.25, 0.3) is 0 Å². The van der Waals surface area contributed by atoms with Crippen LogP contribution < -0.4 is 21.3 Å². The van der Waals surface area contributed by atoms with Gasteiger partial charge in [0.1, 0.15) is 0 Å². The molecule has 20 heavy (non-hydrogen) atoms. The molecule has 0 saturated carbocycles. The third-order valence-electron chi connectivity index (χ3n) is 2.94. The van der Waals surface area contributed by atoms with Crippen molar-refractivity contribution < 1.29 is 19.2 Å². The van der Waals surface area contributed by atoms with Crippen LogP contribution in [0.5, 0.6) is 0 Å². The molecule has 8 nitrogen and oxygen atoms in total. The minimum atomic E-state index is -0.962. The zero-order valence-electron chi connectivity index (χ0n) is 11.5. The number of rotatable bonds is 4. The van der Waals surface area contributed by atoms with Crippen molar-refractivity contribution >= 4 is 23.6 Å². The van der Waals surface area contributed by atoms with Gasteiger partial charge in [-0.1, -0.05) is 0 Å². The van der Waals surface area contributed by atoms with E-state index in [9.17, 15) is 19.2 Å². The summed E-state index contributed by atoms with van der Waals surface area (Å²) in [5.74, 6) is -2.69. The fourth-order valence-corrected chi connectivity index (χ4v) is 1.85. The van der Waals surface area contributed by atoms with E-state index in [1.165, 1.54) is 6.92 Å². The zero-order valence-corrected chi connectivity index (χ0v) is 11.5. The zero-order chi connectivity index (χ0) is 15.0. The molecule has 4 amide bonds. The largest absolute Gasteiger partial charge is 0.355 e. The van der Waals surface area contributed by atoms with Crippen molar-refractivity contribution in [3.63, 3.8) is 0 Å². The molecule has 0 aromatic heterocycles. The summed E-state index contributed by atoms with van der Waals surface area (Å²) in [5, 5.41) is 9.99. The third kappa shape index (κ3) is 5.79. The maximum Gasteiger partial charge on any atom is 0.315 e. The lowest BCUT2D eigenvalue weighted by Crippen LogP contribution is -2.47. The Morgan fingerprint density at radius 2 is 1.60 bits per heavy atom. The van der Waals surface area contributed by atoms with Crippen molar-refractivity contribution in [1.29, 1.82) is 0 Å². The maximum atomic E-state index is 11.7. The van der Waals surface area contributed by atoms with E-state index in [0.717, 1.165) is 13.1 Å². The number of carbonyl (C=O) groups is 4. The van der Waals surface area contributed by atoms with Gasteiger partial charge in [0.15, 0.2) is 0 Å². The molecule has 1 saturated heterocycles. The fraction of sp³-hybridized carbons (Fsp3) is 0.667. The fourth-order valence-electron chi connectivity index (χ4n) is 1.85. The monoisotopic (exact) mass is 284 g/mol. The van der Waals surface area contributed by atoms with Gasteiger partial charge in [-0.25, -0.2) is 0 Å². The van der Waals surface area contributed by atoms with Crippen LogP contribution >= 0.6 is 0 Å². The average molecular weight is 284 g/mol. The summed E-state index contributed by atoms with van der Waals surface area (Å²) in [6, 6.07) is 0. The highest BCUT2D eigenvalue weighted by Crippen LogP contribution is 2.10. The lowest BCUT2D eigenvalue weighted by Gasteiger charge is -2.21. The quantitative estimate of drug-likeness (QED) is 0.348. The van der Waals surface area contributed by atoms with E-state index in [-0.39, 0.29) is 24.9 Å². The Morgan fingerprint density at radius 1 is 1.00 bits per heavy atom. The SMILES string of the molecule is CC(=O)NCCNC(=O)C(=O)NC(=O)C1CCNCC1. The summed E-state index contributed by atoms with van der Waals surface area (Å²) in [6.45, 7) is 3.18. The van der Waals surface area contributed by atoms with Crippen LogP contribution in [0.3, 0.4) is 0 Å². The molecule has 0 spiro atoms. The number of carbonyl (C=O) groups excluding carboxylic acids is 4. The molecule has 1 heterocycles. The van der Waals surface area contributed by atoms with Gasteiger partial charge in [0.2, 0.25) is 11.8 Å². The third-order valence-corrected chi connectivity index (χ3v) is 2.94. The second-order valence-electron chi connectivity index (χ2n) is 4.58. The van der Waals surface area contributed by atoms with Crippen LogP contribution in [0.2, 0.25) is 0 Å². The van der Waals surface area contributed by atoms with Crippen LogP contribution in [0, 0.1) is 5.92 Å². The summed E-state index contributed by atoms with van der Waals surface area (Å²) in [5.41, 5.74) is 0. The van der Waals surface area contributed by atoms with E-state index in [1.807, 2.05) is 0 Å². The highest BCUT2D eigenvalue weighted by Gasteiger charge is 2.24. The Labute approximate surface area is 117 Å². The van der Waals surface area contributed by atoms with Crippen molar-refractivity contribution in [2.45, 2.75) is 19.8 Å². The van der Waals surface area contributed by atoms with Crippen LogP contribution in [-0.4, -0.2) is 49.8 Å². The second-order valence-corrected chi connectivity index (χ2v) is 4.58. The van der Waals surface area contributed by atoms with Crippen LogP contribution in [0.4, 0.5) is 0 Å². The van der Waals surface area contributed by atoms with Gasteiger partial charge in [-0.15, -0.1) is 0 Å². The van der Waals surface area contributed by atoms with E-state index in [1.54, 1.807) is 0 Å². The smallest absolute Gasteiger partial charge is 0.315 e. The summed E-state index contributed by atoms with van der Waals surface area (Å²) in [4.78, 5) is 45.2. The molecular weight excluding hydrogens is 264 g/mol. The molecule has 0 atom stereocenters. The van der Waals surface area contributed by atoms with Gasteiger partial charge in [-0.3, -0.25) is 24.5 Å². The van der Waals surface area contributed by atoms with E-state index in [4.69, 9.17) is 0 Å². The van der Waals surface area contributed by atoms with Crippen LogP contribution in [0.25, 0.3) is 0 Å². The number of imide groups is 1. The molecular formula is C12H20N4O4. The molecule has 1 aliphatic heterocycles. The molecule has 1 rings (SSSR count). The van der Waals surface area contributed by atoms with E-state index >= 15 is 0 Å². The molecule has 4 N–H and O–H groups in total. The van der Waals surface area contributed by atoms with Crippen molar-refractivity contribution in [1.82, 2.24) is 21.3 Å². The first-order valence-corrected chi connectivity index (χ1v) is 6.59. The van der Waals surface area contributed by atoms with Crippen LogP contribution in [-0.2, 0) is 19.2 Å². The standard InChI is InChI=1S/C12H20N4O4/c1-8(17)14-6-7-15-11(19)12(20)16-10(18)9-2-4-13-5-3-9/h9,13H,2-7H2,1H3,(H,14,17)(H,15,19)(H,16,18,20). The van der Waals surface area contributed by atoms with Gasteiger partial charge in [-0.05, 0) is 25.9 Å². The van der Waals surface area contributed by atoms with Crippen LogP contribution in [0.15, 0.2) is 0 Å². The second kappa shape index (κ2) is 8.26. The Bertz CT molecular complexity index is 391. The number of hydrogen-bond donors (Lipinski definition) is 4. The van der Waals surface area contributed by atoms with Gasteiger partial charge < -0.3 is 16.0 Å². The predicted molar refractivity (Wildman–Crippen MR) is 70.4 cm³/mol. The van der Waals surface area contributed by atoms with Crippen molar-refractivity contribution in [3.05, 3.63) is 0 Å². The average Bonchev–Trinajstić information content (AvgIpc) is 2.44. The first-order chi connectivity index (χ1) is 9.50. The normalized spacial score (nSPS) is 15.2. The number of hydrogen-bond acceptors (Lipinski definition) is 5. The Kier molecular flexibility index (Phi) is 6.65. The lowest BCUT2D eigenvalue weighted by atomic mass is 9.97. The summed E-state index contributed by atoms with van der Waals surface area (Å²) < 4.78 is 0. The molecule has 0 unspecified atom stereocenters. The molecule has 8 heteroatoms. The number of nitrogens with one attached hydrogen (secondary N) is 4. The van der Waals surface area contributed by atoms with Gasteiger partial charge in [0, 0.05) is 25.9 Å². The van der Waals surface area contributed by atoms with E-state index < -0.39 is 17.7 Å². The van der Waals surface area contributed by atoms with Crippen molar-refractivity contribution in [3.8, 4) is 0 Å². The molecule has 112 valence electrons. The lowest BCUT2D eigenvalue weighted by molar-refractivity contribution is -0.143. The van der Waals surface area contributed by atoms with Crippen molar-refractivity contribution in [2.75, 3.05) is 26.2 Å². The molecule has 0 bridgehead atoms. The molecule has 1 aliphatic rings. The topological polar surface area (TPSA) is 116 Å². The van der Waals surface area contributed by atoms with E-state index in [0.29, 0.717) is 12.8 Å². The highest BCUT2D eigenvalue weighted by atomic mass is 16.2. The van der Waals surface area contributed by atoms with Crippen molar-refractivity contribution in [2.24, 2.45) is 5.92 Å². The van der Waals surface area contributed by atoms with Gasteiger partial charge in [0.05, 0.1) is 0 Å². The summed E-state index contributed by atoms with van der Waals surface area (Å²) >= 11 is 0. The summed E-state index contributed by atoms with van der Waals surface area (Å²) in [6.07, 6.45) is 1.31. The Morgan fingerprint density at radius 3 is 2.20 bits per heavy atom. The molecule has 1 fully saturated rings. The minimum Gasteiger partial charge on any atom is -0.355 e. The van der Waals surface area contributed by atoms with E-state index in [2.05, 4.69) is 21.3 Å².